The molecule has 26 heavy (non-hydrogen) atoms. The number of carbonyl (C=O) groups is 2. The predicted molar refractivity (Wildman–Crippen MR) is 99.8 cm³/mol. The predicted octanol–water partition coefficient (Wildman–Crippen LogP) is 2.28. The van der Waals surface area contributed by atoms with Crippen molar-refractivity contribution < 1.29 is 9.59 Å². The molecule has 1 saturated heterocycles. The Balaban J connectivity index is 1.70. The molecule has 1 saturated carbocycles. The molecule has 1 aliphatic carbocycles. The minimum absolute atomic E-state index is 0.0215. The molecule has 0 aromatic carbocycles. The van der Waals surface area contributed by atoms with Gasteiger partial charge in [0.25, 0.3) is 0 Å². The van der Waals surface area contributed by atoms with Gasteiger partial charge in [0.05, 0.1) is 6.42 Å². The number of aryl methyl sites for hydroxylation is 2. The fourth-order valence-corrected chi connectivity index (χ4v) is 3.67. The van der Waals surface area contributed by atoms with Crippen molar-refractivity contribution in [3.63, 3.8) is 0 Å². The molecule has 2 fully saturated rings. The highest BCUT2D eigenvalue weighted by atomic mass is 16.2. The van der Waals surface area contributed by atoms with E-state index in [1.165, 1.54) is 0 Å². The SMILES string of the molecule is CCCNC(=O)Cc1c(C)nc(C2CCCN(C(=O)C3CC3)C2)nc1C. The van der Waals surface area contributed by atoms with E-state index < -0.39 is 0 Å². The number of aromatic nitrogens is 2. The van der Waals surface area contributed by atoms with Crippen LogP contribution in [0.25, 0.3) is 0 Å². The third-order valence-electron chi connectivity index (χ3n) is 5.37. The van der Waals surface area contributed by atoms with Crippen LogP contribution in [0.4, 0.5) is 0 Å². The van der Waals surface area contributed by atoms with Gasteiger partial charge in [-0.2, -0.15) is 0 Å². The Morgan fingerprint density at radius 1 is 1.15 bits per heavy atom. The monoisotopic (exact) mass is 358 g/mol. The summed E-state index contributed by atoms with van der Waals surface area (Å²) in [5.41, 5.74) is 2.68. The number of hydrogen-bond donors (Lipinski definition) is 1. The third-order valence-corrected chi connectivity index (χ3v) is 5.37. The lowest BCUT2D eigenvalue weighted by atomic mass is 9.96. The van der Waals surface area contributed by atoms with Crippen LogP contribution in [0.2, 0.25) is 0 Å². The molecular formula is C20H30N4O2. The van der Waals surface area contributed by atoms with Crippen LogP contribution in [0.5, 0.6) is 0 Å². The Morgan fingerprint density at radius 2 is 1.85 bits per heavy atom. The number of rotatable bonds is 6. The number of carbonyl (C=O) groups excluding carboxylic acids is 2. The minimum Gasteiger partial charge on any atom is -0.356 e. The van der Waals surface area contributed by atoms with E-state index in [-0.39, 0.29) is 17.7 Å². The molecule has 0 spiro atoms. The van der Waals surface area contributed by atoms with Gasteiger partial charge in [-0.3, -0.25) is 9.59 Å². The van der Waals surface area contributed by atoms with Crippen molar-refractivity contribution in [2.24, 2.45) is 5.92 Å². The number of nitrogens with one attached hydrogen (secondary N) is 1. The Kier molecular flexibility index (Phi) is 5.89. The van der Waals surface area contributed by atoms with Crippen LogP contribution >= 0.6 is 0 Å². The summed E-state index contributed by atoms with van der Waals surface area (Å²) < 4.78 is 0. The average Bonchev–Trinajstić information content (AvgIpc) is 3.47. The van der Waals surface area contributed by atoms with E-state index in [0.717, 1.165) is 68.0 Å². The van der Waals surface area contributed by atoms with E-state index in [1.807, 2.05) is 25.7 Å². The summed E-state index contributed by atoms with van der Waals surface area (Å²) in [6.07, 6.45) is 5.37. The lowest BCUT2D eigenvalue weighted by Gasteiger charge is -2.32. The Labute approximate surface area is 155 Å². The fourth-order valence-electron chi connectivity index (χ4n) is 3.67. The van der Waals surface area contributed by atoms with E-state index in [1.54, 1.807) is 0 Å². The summed E-state index contributed by atoms with van der Waals surface area (Å²) in [5.74, 6) is 1.63. The molecule has 6 heteroatoms. The first-order valence-electron chi connectivity index (χ1n) is 9.89. The van der Waals surface area contributed by atoms with Gasteiger partial charge < -0.3 is 10.2 Å². The zero-order chi connectivity index (χ0) is 18.7. The van der Waals surface area contributed by atoms with Crippen LogP contribution < -0.4 is 5.32 Å². The zero-order valence-corrected chi connectivity index (χ0v) is 16.2. The van der Waals surface area contributed by atoms with Gasteiger partial charge in [0.2, 0.25) is 11.8 Å². The highest BCUT2D eigenvalue weighted by molar-refractivity contribution is 5.81. The van der Waals surface area contributed by atoms with E-state index in [2.05, 4.69) is 5.32 Å². The average molecular weight is 358 g/mol. The molecule has 1 aromatic rings. The van der Waals surface area contributed by atoms with Gasteiger partial charge in [-0.05, 0) is 46.0 Å². The van der Waals surface area contributed by atoms with Crippen molar-refractivity contribution in [1.82, 2.24) is 20.2 Å². The molecule has 0 bridgehead atoms. The molecule has 142 valence electrons. The molecule has 6 nitrogen and oxygen atoms in total. The van der Waals surface area contributed by atoms with E-state index in [9.17, 15) is 9.59 Å². The number of nitrogens with zero attached hydrogens (tertiary/aromatic N) is 3. The van der Waals surface area contributed by atoms with Crippen LogP contribution in [0.15, 0.2) is 0 Å². The van der Waals surface area contributed by atoms with Gasteiger partial charge in [0.15, 0.2) is 0 Å². The molecule has 2 amide bonds. The number of likely N-dealkylation sites (tertiary alicyclic amines) is 1. The minimum atomic E-state index is 0.0215. The molecule has 0 radical (unpaired) electrons. The Bertz CT molecular complexity index is 661. The quantitative estimate of drug-likeness (QED) is 0.846. The number of piperidine rings is 1. The van der Waals surface area contributed by atoms with Crippen molar-refractivity contribution in [2.75, 3.05) is 19.6 Å². The first kappa shape index (κ1) is 18.8. The first-order chi connectivity index (χ1) is 12.5. The van der Waals surface area contributed by atoms with Crippen molar-refractivity contribution in [1.29, 1.82) is 0 Å². The Morgan fingerprint density at radius 3 is 2.46 bits per heavy atom. The standard InChI is InChI=1S/C20H30N4O2/c1-4-9-21-18(25)11-17-13(2)22-19(23-14(17)3)16-6-5-10-24(12-16)20(26)15-7-8-15/h15-16H,4-12H2,1-3H3,(H,21,25). The fraction of sp³-hybridized carbons (Fsp3) is 0.700. The normalized spacial score (nSPS) is 20.1. The molecule has 1 atom stereocenters. The van der Waals surface area contributed by atoms with E-state index >= 15 is 0 Å². The summed E-state index contributed by atoms with van der Waals surface area (Å²) in [5, 5.41) is 2.91. The number of hydrogen-bond acceptors (Lipinski definition) is 4. The van der Waals surface area contributed by atoms with Crippen LogP contribution in [0.3, 0.4) is 0 Å². The van der Waals surface area contributed by atoms with Gasteiger partial charge in [0.1, 0.15) is 5.82 Å². The maximum absolute atomic E-state index is 12.4. The van der Waals surface area contributed by atoms with Gasteiger partial charge in [-0.1, -0.05) is 6.92 Å². The molecule has 2 aliphatic rings. The second-order valence-electron chi connectivity index (χ2n) is 7.66. The van der Waals surface area contributed by atoms with Crippen LogP contribution in [0, 0.1) is 19.8 Å². The van der Waals surface area contributed by atoms with Crippen LogP contribution in [0.1, 0.15) is 67.7 Å². The highest BCUT2D eigenvalue weighted by Crippen LogP contribution is 2.34. The van der Waals surface area contributed by atoms with Gasteiger partial charge in [-0.25, -0.2) is 9.97 Å². The van der Waals surface area contributed by atoms with E-state index in [0.29, 0.717) is 18.9 Å². The molecule has 1 N–H and O–H groups in total. The maximum atomic E-state index is 12.4. The summed E-state index contributed by atoms with van der Waals surface area (Å²) in [4.78, 5) is 35.9. The first-order valence-corrected chi connectivity index (χ1v) is 9.89. The van der Waals surface area contributed by atoms with Crippen LogP contribution in [-0.4, -0.2) is 46.3 Å². The summed E-state index contributed by atoms with van der Waals surface area (Å²) in [6, 6.07) is 0. The summed E-state index contributed by atoms with van der Waals surface area (Å²) in [6.45, 7) is 8.23. The summed E-state index contributed by atoms with van der Waals surface area (Å²) in [7, 11) is 0. The lowest BCUT2D eigenvalue weighted by molar-refractivity contribution is -0.133. The molecule has 3 rings (SSSR count). The Hall–Kier alpha value is -1.98. The molecule has 2 heterocycles. The van der Waals surface area contributed by atoms with Crippen molar-refractivity contribution in [3.05, 3.63) is 22.8 Å². The van der Waals surface area contributed by atoms with Crippen molar-refractivity contribution >= 4 is 11.8 Å². The lowest BCUT2D eigenvalue weighted by Crippen LogP contribution is -2.40. The van der Waals surface area contributed by atoms with Crippen LogP contribution in [-0.2, 0) is 16.0 Å². The largest absolute Gasteiger partial charge is 0.356 e. The zero-order valence-electron chi connectivity index (χ0n) is 16.2. The number of amides is 2. The molecule has 1 aromatic heterocycles. The van der Waals surface area contributed by atoms with Gasteiger partial charge >= 0.3 is 0 Å². The van der Waals surface area contributed by atoms with Gasteiger partial charge in [-0.15, -0.1) is 0 Å². The summed E-state index contributed by atoms with van der Waals surface area (Å²) >= 11 is 0. The third kappa shape index (κ3) is 4.40. The molecule has 1 unspecified atom stereocenters. The second-order valence-corrected chi connectivity index (χ2v) is 7.66. The van der Waals surface area contributed by atoms with Crippen molar-refractivity contribution in [3.8, 4) is 0 Å². The topological polar surface area (TPSA) is 75.2 Å². The molecular weight excluding hydrogens is 328 g/mol. The smallest absolute Gasteiger partial charge is 0.225 e. The second kappa shape index (κ2) is 8.14. The maximum Gasteiger partial charge on any atom is 0.225 e. The molecule has 1 aliphatic heterocycles. The van der Waals surface area contributed by atoms with Gasteiger partial charge in [0, 0.05) is 48.4 Å². The van der Waals surface area contributed by atoms with E-state index in [4.69, 9.17) is 9.97 Å². The van der Waals surface area contributed by atoms with Crippen molar-refractivity contribution in [2.45, 2.75) is 65.2 Å². The highest BCUT2D eigenvalue weighted by Gasteiger charge is 2.36.